The summed E-state index contributed by atoms with van der Waals surface area (Å²) in [4.78, 5) is 9.49. The standard InChI is InChI=1S/C23H38N2/c1-3-8-19-16-24-23(25-17-19)15-22(20-9-6-5-7-10-20)21-13-11-18(4-2)12-14-21/h16-18,20-22H,3-15H2,1-2H3. The lowest BCUT2D eigenvalue weighted by atomic mass is 9.66. The molecule has 0 amide bonds. The van der Waals surface area contributed by atoms with Gasteiger partial charge in [-0.15, -0.1) is 0 Å². The molecule has 2 aliphatic rings. The first-order valence-electron chi connectivity index (χ1n) is 11.1. The first-order valence-corrected chi connectivity index (χ1v) is 11.1. The zero-order chi connectivity index (χ0) is 17.5. The minimum atomic E-state index is 0.829. The zero-order valence-electron chi connectivity index (χ0n) is 16.6. The van der Waals surface area contributed by atoms with Crippen LogP contribution in [0.2, 0.25) is 0 Å². The van der Waals surface area contributed by atoms with E-state index in [-0.39, 0.29) is 0 Å². The average Bonchev–Trinajstić information content (AvgIpc) is 2.68. The summed E-state index contributed by atoms with van der Waals surface area (Å²) in [5, 5.41) is 0. The minimum absolute atomic E-state index is 0.829. The third-order valence-electron chi connectivity index (χ3n) is 7.05. The Morgan fingerprint density at radius 3 is 2.12 bits per heavy atom. The molecule has 140 valence electrons. The molecule has 0 aliphatic heterocycles. The Labute approximate surface area is 155 Å². The second-order valence-corrected chi connectivity index (χ2v) is 8.71. The van der Waals surface area contributed by atoms with Gasteiger partial charge in [0.1, 0.15) is 5.82 Å². The van der Waals surface area contributed by atoms with Crippen LogP contribution in [0.3, 0.4) is 0 Å². The summed E-state index contributed by atoms with van der Waals surface area (Å²) in [6, 6.07) is 0. The van der Waals surface area contributed by atoms with E-state index in [1.54, 1.807) is 0 Å². The molecule has 0 aromatic carbocycles. The topological polar surface area (TPSA) is 25.8 Å². The predicted octanol–water partition coefficient (Wildman–Crippen LogP) is 6.38. The highest BCUT2D eigenvalue weighted by Gasteiger charge is 2.33. The van der Waals surface area contributed by atoms with Crippen molar-refractivity contribution in [3.63, 3.8) is 0 Å². The summed E-state index contributed by atoms with van der Waals surface area (Å²) in [5.41, 5.74) is 1.30. The van der Waals surface area contributed by atoms with Gasteiger partial charge in [0.25, 0.3) is 0 Å². The summed E-state index contributed by atoms with van der Waals surface area (Å²) in [7, 11) is 0. The summed E-state index contributed by atoms with van der Waals surface area (Å²) in [6.07, 6.45) is 22.0. The Balaban J connectivity index is 1.67. The second-order valence-electron chi connectivity index (χ2n) is 8.71. The van der Waals surface area contributed by atoms with E-state index in [9.17, 15) is 0 Å². The minimum Gasteiger partial charge on any atom is -0.241 e. The molecule has 0 spiro atoms. The lowest BCUT2D eigenvalue weighted by molar-refractivity contribution is 0.123. The van der Waals surface area contributed by atoms with Gasteiger partial charge in [-0.05, 0) is 48.5 Å². The quantitative estimate of drug-likeness (QED) is 0.574. The molecule has 1 unspecified atom stereocenters. The molecule has 2 fully saturated rings. The van der Waals surface area contributed by atoms with Crippen LogP contribution in [0.25, 0.3) is 0 Å². The van der Waals surface area contributed by atoms with E-state index in [2.05, 4.69) is 26.2 Å². The van der Waals surface area contributed by atoms with Gasteiger partial charge in [0.05, 0.1) is 0 Å². The molecule has 1 aromatic heterocycles. The van der Waals surface area contributed by atoms with Gasteiger partial charge in [-0.2, -0.15) is 0 Å². The third kappa shape index (κ3) is 5.28. The normalized spacial score (nSPS) is 26.5. The number of hydrogen-bond donors (Lipinski definition) is 0. The third-order valence-corrected chi connectivity index (χ3v) is 7.05. The Hall–Kier alpha value is -0.920. The highest BCUT2D eigenvalue weighted by molar-refractivity contribution is 5.06. The lowest BCUT2D eigenvalue weighted by Gasteiger charge is -2.39. The van der Waals surface area contributed by atoms with Crippen LogP contribution in [0.5, 0.6) is 0 Å². The van der Waals surface area contributed by atoms with Gasteiger partial charge in [0.2, 0.25) is 0 Å². The van der Waals surface area contributed by atoms with Crippen molar-refractivity contribution in [1.82, 2.24) is 9.97 Å². The number of rotatable bonds is 7. The van der Waals surface area contributed by atoms with E-state index in [1.807, 2.05) is 0 Å². The van der Waals surface area contributed by atoms with Crippen LogP contribution in [0.1, 0.15) is 95.9 Å². The number of hydrogen-bond acceptors (Lipinski definition) is 2. The van der Waals surface area contributed by atoms with Crippen molar-refractivity contribution in [1.29, 1.82) is 0 Å². The first-order chi connectivity index (χ1) is 12.3. The molecule has 2 aliphatic carbocycles. The van der Waals surface area contributed by atoms with Gasteiger partial charge in [0, 0.05) is 18.8 Å². The monoisotopic (exact) mass is 342 g/mol. The molecule has 1 heterocycles. The van der Waals surface area contributed by atoms with Crippen molar-refractivity contribution in [3.05, 3.63) is 23.8 Å². The molecule has 25 heavy (non-hydrogen) atoms. The molecule has 1 atom stereocenters. The van der Waals surface area contributed by atoms with Crippen LogP contribution in [0.4, 0.5) is 0 Å². The fraction of sp³-hybridized carbons (Fsp3) is 0.826. The maximum absolute atomic E-state index is 4.75. The van der Waals surface area contributed by atoms with E-state index < -0.39 is 0 Å². The average molecular weight is 343 g/mol. The molecule has 2 heteroatoms. The Bertz CT molecular complexity index is 481. The van der Waals surface area contributed by atoms with Crippen molar-refractivity contribution in [3.8, 4) is 0 Å². The number of nitrogens with zero attached hydrogens (tertiary/aromatic N) is 2. The van der Waals surface area contributed by atoms with Crippen LogP contribution in [0, 0.1) is 23.7 Å². The first kappa shape index (κ1) is 18.9. The van der Waals surface area contributed by atoms with Crippen LogP contribution in [0.15, 0.2) is 12.4 Å². The largest absolute Gasteiger partial charge is 0.241 e. The van der Waals surface area contributed by atoms with E-state index in [1.165, 1.54) is 76.2 Å². The highest BCUT2D eigenvalue weighted by Crippen LogP contribution is 2.43. The summed E-state index contributed by atoms with van der Waals surface area (Å²) in [6.45, 7) is 4.59. The summed E-state index contributed by atoms with van der Waals surface area (Å²) in [5.74, 6) is 4.77. The SMILES string of the molecule is CCCc1cnc(CC(C2CCCCC2)C2CCC(CC)CC2)nc1. The Morgan fingerprint density at radius 1 is 0.880 bits per heavy atom. The maximum atomic E-state index is 4.75. The summed E-state index contributed by atoms with van der Waals surface area (Å²) < 4.78 is 0. The van der Waals surface area contributed by atoms with Crippen molar-refractivity contribution < 1.29 is 0 Å². The van der Waals surface area contributed by atoms with Crippen molar-refractivity contribution in [2.24, 2.45) is 23.7 Å². The van der Waals surface area contributed by atoms with E-state index in [4.69, 9.17) is 9.97 Å². The Morgan fingerprint density at radius 2 is 1.52 bits per heavy atom. The van der Waals surface area contributed by atoms with Crippen molar-refractivity contribution >= 4 is 0 Å². The number of aromatic nitrogens is 2. The molecule has 3 rings (SSSR count). The van der Waals surface area contributed by atoms with Crippen LogP contribution < -0.4 is 0 Å². The van der Waals surface area contributed by atoms with E-state index in [0.717, 1.165) is 42.3 Å². The van der Waals surface area contributed by atoms with Crippen molar-refractivity contribution in [2.45, 2.75) is 97.3 Å². The predicted molar refractivity (Wildman–Crippen MR) is 106 cm³/mol. The van der Waals surface area contributed by atoms with Gasteiger partial charge in [-0.25, -0.2) is 9.97 Å². The van der Waals surface area contributed by atoms with Crippen molar-refractivity contribution in [2.75, 3.05) is 0 Å². The molecule has 0 radical (unpaired) electrons. The molecule has 2 saturated carbocycles. The highest BCUT2D eigenvalue weighted by atomic mass is 14.9. The summed E-state index contributed by atoms with van der Waals surface area (Å²) >= 11 is 0. The lowest BCUT2D eigenvalue weighted by Crippen LogP contribution is -2.31. The van der Waals surface area contributed by atoms with Crippen LogP contribution >= 0.6 is 0 Å². The molecule has 1 aromatic rings. The number of aryl methyl sites for hydroxylation is 1. The Kier molecular flexibility index (Phi) is 7.31. The maximum Gasteiger partial charge on any atom is 0.128 e. The molecule has 2 nitrogen and oxygen atoms in total. The van der Waals surface area contributed by atoms with Crippen LogP contribution in [-0.2, 0) is 12.8 Å². The van der Waals surface area contributed by atoms with Gasteiger partial charge < -0.3 is 0 Å². The molecule has 0 saturated heterocycles. The van der Waals surface area contributed by atoms with Crippen LogP contribution in [-0.4, -0.2) is 9.97 Å². The van der Waals surface area contributed by atoms with Gasteiger partial charge in [0.15, 0.2) is 0 Å². The van der Waals surface area contributed by atoms with Gasteiger partial charge in [-0.3, -0.25) is 0 Å². The van der Waals surface area contributed by atoms with Gasteiger partial charge >= 0.3 is 0 Å². The fourth-order valence-electron chi connectivity index (χ4n) is 5.42. The molecular formula is C23H38N2. The van der Waals surface area contributed by atoms with Gasteiger partial charge in [-0.1, -0.05) is 71.6 Å². The zero-order valence-corrected chi connectivity index (χ0v) is 16.6. The fourth-order valence-corrected chi connectivity index (χ4v) is 5.42. The molecule has 0 bridgehead atoms. The molecule has 0 N–H and O–H groups in total. The second kappa shape index (κ2) is 9.69. The smallest absolute Gasteiger partial charge is 0.128 e. The molecular weight excluding hydrogens is 304 g/mol. The van der Waals surface area contributed by atoms with E-state index >= 15 is 0 Å². The van der Waals surface area contributed by atoms with E-state index in [0.29, 0.717) is 0 Å².